The van der Waals surface area contributed by atoms with E-state index in [9.17, 15) is 0 Å². The highest BCUT2D eigenvalue weighted by Crippen LogP contribution is 2.30. The molecule has 6 heteroatoms. The van der Waals surface area contributed by atoms with Crippen molar-refractivity contribution < 1.29 is 0 Å². The third kappa shape index (κ3) is 2.40. The van der Waals surface area contributed by atoms with Crippen molar-refractivity contribution in [1.29, 1.82) is 0 Å². The summed E-state index contributed by atoms with van der Waals surface area (Å²) in [6.45, 7) is 7.34. The molecule has 0 bridgehead atoms. The monoisotopic (exact) mass is 334 g/mol. The lowest BCUT2D eigenvalue weighted by Gasteiger charge is -2.18. The van der Waals surface area contributed by atoms with Crippen LogP contribution in [0.4, 0.5) is 5.82 Å². The summed E-state index contributed by atoms with van der Waals surface area (Å²) in [6.07, 6.45) is 3.12. The van der Waals surface area contributed by atoms with Crippen LogP contribution in [-0.2, 0) is 0 Å². The molecule has 5 rings (SSSR count). The van der Waals surface area contributed by atoms with Crippen LogP contribution in [0, 0.1) is 19.8 Å². The third-order valence-corrected chi connectivity index (χ3v) is 5.49. The van der Waals surface area contributed by atoms with E-state index in [2.05, 4.69) is 33.4 Å². The first-order valence-corrected chi connectivity index (χ1v) is 8.97. The molecule has 0 spiro atoms. The Morgan fingerprint density at radius 2 is 2.08 bits per heavy atom. The van der Waals surface area contributed by atoms with E-state index >= 15 is 0 Å². The highest BCUT2D eigenvalue weighted by Gasteiger charge is 2.36. The van der Waals surface area contributed by atoms with E-state index in [1.165, 1.54) is 6.42 Å². The van der Waals surface area contributed by atoms with Crippen LogP contribution in [0.5, 0.6) is 0 Å². The lowest BCUT2D eigenvalue weighted by Crippen LogP contribution is -2.30. The molecule has 128 valence electrons. The van der Waals surface area contributed by atoms with Gasteiger partial charge in [0.05, 0.1) is 11.4 Å². The standard InChI is InChI=1S/C19H22N6/c1-12-9-14(5-7-20-12)19-13(2)22-17-3-4-18(23-25(17)19)24-10-15-6-8-21-16(15)11-24/h3-5,7,9,15-16,21H,6,8,10-11H2,1-2H3. The molecule has 0 aromatic carbocycles. The lowest BCUT2D eigenvalue weighted by molar-refractivity contribution is 0.556. The quantitative estimate of drug-likeness (QED) is 0.779. The van der Waals surface area contributed by atoms with Gasteiger partial charge in [-0.15, -0.1) is 5.10 Å². The Morgan fingerprint density at radius 3 is 2.92 bits per heavy atom. The van der Waals surface area contributed by atoms with Gasteiger partial charge in [0.1, 0.15) is 5.82 Å². The molecule has 0 amide bonds. The molecule has 2 aliphatic heterocycles. The number of fused-ring (bicyclic) bond motifs is 2. The van der Waals surface area contributed by atoms with Crippen molar-refractivity contribution >= 4 is 11.5 Å². The number of aryl methyl sites for hydroxylation is 2. The molecule has 2 fully saturated rings. The summed E-state index contributed by atoms with van der Waals surface area (Å²) in [4.78, 5) is 11.4. The zero-order valence-corrected chi connectivity index (χ0v) is 14.6. The molecule has 0 saturated carbocycles. The van der Waals surface area contributed by atoms with Crippen LogP contribution in [0.25, 0.3) is 16.9 Å². The first-order valence-electron chi connectivity index (χ1n) is 8.97. The number of nitrogens with zero attached hydrogens (tertiary/aromatic N) is 5. The van der Waals surface area contributed by atoms with E-state index < -0.39 is 0 Å². The Morgan fingerprint density at radius 1 is 1.16 bits per heavy atom. The van der Waals surface area contributed by atoms with Gasteiger partial charge in [0.2, 0.25) is 0 Å². The van der Waals surface area contributed by atoms with Gasteiger partial charge in [-0.2, -0.15) is 0 Å². The van der Waals surface area contributed by atoms with Crippen molar-refractivity contribution in [3.05, 3.63) is 41.9 Å². The fourth-order valence-electron chi connectivity index (χ4n) is 4.26. The van der Waals surface area contributed by atoms with Crippen LogP contribution >= 0.6 is 0 Å². The molecule has 2 unspecified atom stereocenters. The van der Waals surface area contributed by atoms with Crippen molar-refractivity contribution in [3.63, 3.8) is 0 Å². The molecule has 1 N–H and O–H groups in total. The van der Waals surface area contributed by atoms with Gasteiger partial charge in [0.15, 0.2) is 5.65 Å². The molecule has 3 aromatic rings. The first-order chi connectivity index (χ1) is 12.2. The molecular weight excluding hydrogens is 312 g/mol. The smallest absolute Gasteiger partial charge is 0.154 e. The number of rotatable bonds is 2. The number of hydrogen-bond acceptors (Lipinski definition) is 5. The molecule has 2 aliphatic rings. The molecule has 2 saturated heterocycles. The molecular formula is C19H22N6. The van der Waals surface area contributed by atoms with Crippen LogP contribution in [0.3, 0.4) is 0 Å². The minimum absolute atomic E-state index is 0.615. The normalized spacial score (nSPS) is 22.7. The van der Waals surface area contributed by atoms with Crippen LogP contribution in [-0.4, -0.2) is 45.3 Å². The molecule has 5 heterocycles. The van der Waals surface area contributed by atoms with Crippen molar-refractivity contribution in [2.24, 2.45) is 5.92 Å². The second kappa shape index (κ2) is 5.52. The van der Waals surface area contributed by atoms with Gasteiger partial charge in [-0.05, 0) is 57.0 Å². The van der Waals surface area contributed by atoms with E-state index in [4.69, 9.17) is 10.1 Å². The van der Waals surface area contributed by atoms with Crippen LogP contribution in [0.1, 0.15) is 17.8 Å². The average Bonchev–Trinajstić information content (AvgIpc) is 3.25. The number of pyridine rings is 1. The average molecular weight is 334 g/mol. The predicted octanol–water partition coefficient (Wildman–Crippen LogP) is 2.21. The summed E-state index contributed by atoms with van der Waals surface area (Å²) in [5.74, 6) is 1.79. The Kier molecular flexibility index (Phi) is 3.28. The maximum Gasteiger partial charge on any atom is 0.154 e. The number of hydrogen-bond donors (Lipinski definition) is 1. The summed E-state index contributed by atoms with van der Waals surface area (Å²) in [5, 5.41) is 8.55. The highest BCUT2D eigenvalue weighted by molar-refractivity contribution is 5.67. The van der Waals surface area contributed by atoms with Crippen LogP contribution in [0.2, 0.25) is 0 Å². The van der Waals surface area contributed by atoms with Gasteiger partial charge in [-0.1, -0.05) is 0 Å². The number of aromatic nitrogens is 4. The molecule has 0 radical (unpaired) electrons. The summed E-state index contributed by atoms with van der Waals surface area (Å²) in [7, 11) is 0. The molecule has 25 heavy (non-hydrogen) atoms. The summed E-state index contributed by atoms with van der Waals surface area (Å²) >= 11 is 0. The molecule has 0 aliphatic carbocycles. The molecule has 2 atom stereocenters. The zero-order valence-electron chi connectivity index (χ0n) is 14.6. The van der Waals surface area contributed by atoms with Gasteiger partial charge < -0.3 is 10.2 Å². The fourth-order valence-corrected chi connectivity index (χ4v) is 4.26. The topological polar surface area (TPSA) is 58.4 Å². The first kappa shape index (κ1) is 14.8. The Bertz CT molecular complexity index is 934. The Labute approximate surface area is 146 Å². The summed E-state index contributed by atoms with van der Waals surface area (Å²) in [6, 6.07) is 8.92. The van der Waals surface area contributed by atoms with Crippen molar-refractivity contribution in [3.8, 4) is 11.3 Å². The van der Waals surface area contributed by atoms with Gasteiger partial charge in [-0.3, -0.25) is 4.98 Å². The second-order valence-electron chi connectivity index (χ2n) is 7.21. The minimum atomic E-state index is 0.615. The summed E-state index contributed by atoms with van der Waals surface area (Å²) in [5.41, 5.74) is 5.06. The Hall–Kier alpha value is -2.47. The van der Waals surface area contributed by atoms with E-state index in [1.54, 1.807) is 0 Å². The van der Waals surface area contributed by atoms with Gasteiger partial charge >= 0.3 is 0 Å². The maximum absolute atomic E-state index is 4.94. The van der Waals surface area contributed by atoms with E-state index in [0.717, 1.165) is 59.7 Å². The van der Waals surface area contributed by atoms with Gasteiger partial charge in [-0.25, -0.2) is 9.50 Å². The highest BCUT2D eigenvalue weighted by atomic mass is 15.4. The Balaban J connectivity index is 1.58. The van der Waals surface area contributed by atoms with Crippen LogP contribution in [0.15, 0.2) is 30.5 Å². The number of anilines is 1. The van der Waals surface area contributed by atoms with Crippen molar-refractivity contribution in [2.75, 3.05) is 24.5 Å². The third-order valence-electron chi connectivity index (χ3n) is 5.49. The minimum Gasteiger partial charge on any atom is -0.353 e. The van der Waals surface area contributed by atoms with Crippen molar-refractivity contribution in [1.82, 2.24) is 24.9 Å². The van der Waals surface area contributed by atoms with E-state index in [-0.39, 0.29) is 0 Å². The van der Waals surface area contributed by atoms with Gasteiger partial charge in [0.25, 0.3) is 0 Å². The van der Waals surface area contributed by atoms with E-state index in [1.807, 2.05) is 30.6 Å². The van der Waals surface area contributed by atoms with E-state index in [0.29, 0.717) is 6.04 Å². The fraction of sp³-hybridized carbons (Fsp3) is 0.421. The van der Waals surface area contributed by atoms with Crippen LogP contribution < -0.4 is 10.2 Å². The van der Waals surface area contributed by atoms with Gasteiger partial charge in [0, 0.05) is 36.6 Å². The summed E-state index contributed by atoms with van der Waals surface area (Å²) < 4.78 is 1.99. The SMILES string of the molecule is Cc1cc(-c2c(C)nc3ccc(N4CC5CCNC5C4)nn23)ccn1. The lowest BCUT2D eigenvalue weighted by atomic mass is 10.1. The zero-order chi connectivity index (χ0) is 17.0. The maximum atomic E-state index is 4.94. The predicted molar refractivity (Wildman–Crippen MR) is 97.8 cm³/mol. The second-order valence-corrected chi connectivity index (χ2v) is 7.21. The molecule has 6 nitrogen and oxygen atoms in total. The van der Waals surface area contributed by atoms with Crippen molar-refractivity contribution in [2.45, 2.75) is 26.3 Å². The molecule has 3 aromatic heterocycles. The number of imidazole rings is 1. The number of nitrogens with one attached hydrogen (secondary N) is 1. The largest absolute Gasteiger partial charge is 0.353 e.